The highest BCUT2D eigenvalue weighted by Gasteiger charge is 2.24. The number of benzene rings is 2. The van der Waals surface area contributed by atoms with Crippen molar-refractivity contribution in [3.05, 3.63) is 53.3 Å². The third-order valence-electron chi connectivity index (χ3n) is 3.91. The Balaban J connectivity index is 2.39. The summed E-state index contributed by atoms with van der Waals surface area (Å²) in [7, 11) is 4.26. The van der Waals surface area contributed by atoms with Gasteiger partial charge in [0.25, 0.3) is 5.91 Å². The van der Waals surface area contributed by atoms with Crippen LogP contribution in [0, 0.1) is 5.82 Å². The Bertz CT molecular complexity index is 839. The highest BCUT2D eigenvalue weighted by molar-refractivity contribution is 5.97. The molecule has 0 heterocycles. The molecule has 0 bridgehead atoms. The van der Waals surface area contributed by atoms with Gasteiger partial charge in [-0.05, 0) is 30.3 Å². The van der Waals surface area contributed by atoms with E-state index in [1.165, 1.54) is 27.4 Å². The van der Waals surface area contributed by atoms with E-state index in [9.17, 15) is 19.1 Å². The Morgan fingerprint density at radius 3 is 2.33 bits per heavy atom. The number of aliphatic carboxylic acids is 1. The molecule has 0 fully saturated rings. The van der Waals surface area contributed by atoms with Crippen molar-refractivity contribution >= 4 is 11.9 Å². The van der Waals surface area contributed by atoms with Crippen LogP contribution in [0.3, 0.4) is 0 Å². The average molecular weight is 377 g/mol. The third-order valence-corrected chi connectivity index (χ3v) is 3.91. The lowest BCUT2D eigenvalue weighted by Crippen LogP contribution is -2.31. The zero-order valence-corrected chi connectivity index (χ0v) is 15.1. The maximum Gasteiger partial charge on any atom is 0.305 e. The normalized spacial score (nSPS) is 11.4. The molecule has 0 saturated carbocycles. The summed E-state index contributed by atoms with van der Waals surface area (Å²) in [4.78, 5) is 23.9. The quantitative estimate of drug-likeness (QED) is 0.735. The second-order valence-electron chi connectivity index (χ2n) is 5.58. The van der Waals surface area contributed by atoms with Crippen LogP contribution in [-0.2, 0) is 4.79 Å². The molecule has 2 rings (SSSR count). The summed E-state index contributed by atoms with van der Waals surface area (Å²) in [5, 5.41) is 11.8. The van der Waals surface area contributed by atoms with Crippen molar-refractivity contribution in [2.45, 2.75) is 12.5 Å². The number of hydrogen-bond donors (Lipinski definition) is 2. The number of carbonyl (C=O) groups excluding carboxylic acids is 1. The molecule has 2 aromatic rings. The standard InChI is InChI=1S/C19H20FNO6/c1-25-12-5-6-13(17(9-12)27-3)15(10-18(22)23)21-19(24)14-8-11(20)4-7-16(14)26-2/h4-9,15H,10H2,1-3H3,(H,21,24)(H,22,23). The lowest BCUT2D eigenvalue weighted by molar-refractivity contribution is -0.137. The summed E-state index contributed by atoms with van der Waals surface area (Å²) in [6.07, 6.45) is -0.397. The topological polar surface area (TPSA) is 94.1 Å². The predicted molar refractivity (Wildman–Crippen MR) is 95.0 cm³/mol. The average Bonchev–Trinajstić information content (AvgIpc) is 2.66. The van der Waals surface area contributed by atoms with Gasteiger partial charge in [0.2, 0.25) is 0 Å². The van der Waals surface area contributed by atoms with Crippen molar-refractivity contribution in [3.63, 3.8) is 0 Å². The minimum Gasteiger partial charge on any atom is -0.497 e. The molecule has 0 aliphatic rings. The molecule has 0 radical (unpaired) electrons. The Hall–Kier alpha value is -3.29. The number of ether oxygens (including phenoxy) is 3. The van der Waals surface area contributed by atoms with Crippen LogP contribution in [0.1, 0.15) is 28.4 Å². The number of methoxy groups -OCH3 is 3. The smallest absolute Gasteiger partial charge is 0.305 e. The lowest BCUT2D eigenvalue weighted by atomic mass is 10.0. The van der Waals surface area contributed by atoms with Gasteiger partial charge in [-0.2, -0.15) is 0 Å². The molecule has 0 spiro atoms. The van der Waals surface area contributed by atoms with Crippen LogP contribution in [0.2, 0.25) is 0 Å². The van der Waals surface area contributed by atoms with Crippen molar-refractivity contribution in [1.29, 1.82) is 0 Å². The van der Waals surface area contributed by atoms with E-state index in [1.54, 1.807) is 18.2 Å². The first kappa shape index (κ1) is 20.0. The summed E-state index contributed by atoms with van der Waals surface area (Å²) < 4.78 is 29.1. The van der Waals surface area contributed by atoms with E-state index in [1.807, 2.05) is 0 Å². The molecule has 27 heavy (non-hydrogen) atoms. The monoisotopic (exact) mass is 377 g/mol. The number of hydrogen-bond acceptors (Lipinski definition) is 5. The van der Waals surface area contributed by atoms with Crippen molar-refractivity contribution in [3.8, 4) is 17.2 Å². The van der Waals surface area contributed by atoms with Gasteiger partial charge in [-0.15, -0.1) is 0 Å². The Morgan fingerprint density at radius 2 is 1.74 bits per heavy atom. The van der Waals surface area contributed by atoms with Gasteiger partial charge in [0.1, 0.15) is 23.1 Å². The molecule has 0 aliphatic heterocycles. The van der Waals surface area contributed by atoms with E-state index >= 15 is 0 Å². The van der Waals surface area contributed by atoms with Crippen LogP contribution >= 0.6 is 0 Å². The summed E-state index contributed by atoms with van der Waals surface area (Å²) in [5.41, 5.74) is 0.407. The molecule has 1 atom stereocenters. The van der Waals surface area contributed by atoms with Crippen LogP contribution in [0.5, 0.6) is 17.2 Å². The minimum absolute atomic E-state index is 0.0413. The second-order valence-corrected chi connectivity index (χ2v) is 5.58. The van der Waals surface area contributed by atoms with E-state index in [4.69, 9.17) is 14.2 Å². The summed E-state index contributed by atoms with van der Waals surface area (Å²) in [6, 6.07) is 7.41. The van der Waals surface area contributed by atoms with Crippen molar-refractivity contribution in [2.75, 3.05) is 21.3 Å². The molecule has 0 aliphatic carbocycles. The Morgan fingerprint density at radius 1 is 1.04 bits per heavy atom. The van der Waals surface area contributed by atoms with E-state index in [0.29, 0.717) is 17.1 Å². The molecule has 1 amide bonds. The number of carbonyl (C=O) groups is 2. The zero-order chi connectivity index (χ0) is 20.0. The van der Waals surface area contributed by atoms with Crippen molar-refractivity contribution in [2.24, 2.45) is 0 Å². The van der Waals surface area contributed by atoms with Gasteiger partial charge in [-0.25, -0.2) is 4.39 Å². The molecule has 144 valence electrons. The lowest BCUT2D eigenvalue weighted by Gasteiger charge is -2.21. The van der Waals surface area contributed by atoms with Crippen LogP contribution in [0.25, 0.3) is 0 Å². The first-order valence-electron chi connectivity index (χ1n) is 7.97. The fraction of sp³-hybridized carbons (Fsp3) is 0.263. The maximum atomic E-state index is 13.6. The first-order chi connectivity index (χ1) is 12.9. The number of rotatable bonds is 8. The molecule has 0 saturated heterocycles. The maximum absolute atomic E-state index is 13.6. The third kappa shape index (κ3) is 4.87. The van der Waals surface area contributed by atoms with Crippen LogP contribution in [0.15, 0.2) is 36.4 Å². The molecule has 1 unspecified atom stereocenters. The first-order valence-corrected chi connectivity index (χ1v) is 7.97. The highest BCUT2D eigenvalue weighted by Crippen LogP contribution is 2.32. The van der Waals surface area contributed by atoms with Gasteiger partial charge >= 0.3 is 5.97 Å². The van der Waals surface area contributed by atoms with Gasteiger partial charge in [0.15, 0.2) is 0 Å². The fourth-order valence-corrected chi connectivity index (χ4v) is 2.61. The molecule has 0 aromatic heterocycles. The van der Waals surface area contributed by atoms with Gasteiger partial charge in [0, 0.05) is 11.6 Å². The number of halogens is 1. The molecule has 2 aromatic carbocycles. The summed E-state index contributed by atoms with van der Waals surface area (Å²) >= 11 is 0. The van der Waals surface area contributed by atoms with E-state index in [-0.39, 0.29) is 11.3 Å². The second kappa shape index (κ2) is 8.88. The van der Waals surface area contributed by atoms with Gasteiger partial charge in [-0.3, -0.25) is 9.59 Å². The molecular formula is C19H20FNO6. The summed E-state index contributed by atoms with van der Waals surface area (Å²) in [5.74, 6) is -1.36. The SMILES string of the molecule is COc1ccc(C(CC(=O)O)NC(=O)c2cc(F)ccc2OC)c(OC)c1. The fourth-order valence-electron chi connectivity index (χ4n) is 2.61. The molecule has 7 nitrogen and oxygen atoms in total. The van der Waals surface area contributed by atoms with Gasteiger partial charge < -0.3 is 24.6 Å². The van der Waals surface area contributed by atoms with E-state index in [0.717, 1.165) is 12.1 Å². The van der Waals surface area contributed by atoms with Crippen molar-refractivity contribution < 1.29 is 33.3 Å². The number of carboxylic acids is 1. The van der Waals surface area contributed by atoms with Crippen LogP contribution in [0.4, 0.5) is 4.39 Å². The predicted octanol–water partition coefficient (Wildman–Crippen LogP) is 2.80. The largest absolute Gasteiger partial charge is 0.497 e. The molecule has 8 heteroatoms. The van der Waals surface area contributed by atoms with E-state index < -0.39 is 30.2 Å². The van der Waals surface area contributed by atoms with Crippen LogP contribution < -0.4 is 19.5 Å². The number of amides is 1. The number of nitrogens with one attached hydrogen (secondary N) is 1. The van der Waals surface area contributed by atoms with Crippen molar-refractivity contribution in [1.82, 2.24) is 5.32 Å². The molecule has 2 N–H and O–H groups in total. The van der Waals surface area contributed by atoms with Crippen LogP contribution in [-0.4, -0.2) is 38.3 Å². The zero-order valence-electron chi connectivity index (χ0n) is 15.1. The Kier molecular flexibility index (Phi) is 6.59. The van der Waals surface area contributed by atoms with Gasteiger partial charge in [-0.1, -0.05) is 0 Å². The molecular weight excluding hydrogens is 357 g/mol. The highest BCUT2D eigenvalue weighted by atomic mass is 19.1. The Labute approximate surface area is 155 Å². The number of carboxylic acid groups (broad SMARTS) is 1. The summed E-state index contributed by atoms with van der Waals surface area (Å²) in [6.45, 7) is 0. The minimum atomic E-state index is -1.12. The van der Waals surface area contributed by atoms with E-state index in [2.05, 4.69) is 5.32 Å². The van der Waals surface area contributed by atoms with Gasteiger partial charge in [0.05, 0.1) is 39.4 Å².